The van der Waals surface area contributed by atoms with E-state index < -0.39 is 21.9 Å². The Morgan fingerprint density at radius 2 is 2.11 bits per heavy atom. The Bertz CT molecular complexity index is 573. The molecule has 6 heteroatoms. The molecule has 4 nitrogen and oxygen atoms in total. The van der Waals surface area contributed by atoms with Gasteiger partial charge in [0.2, 0.25) is 10.0 Å². The molecular formula is C13H18FNO3S. The zero-order valence-electron chi connectivity index (χ0n) is 11.0. The number of nitrogens with zero attached hydrogens (tertiary/aromatic N) is 1. The highest BCUT2D eigenvalue weighted by Crippen LogP contribution is 2.25. The zero-order chi connectivity index (χ0) is 14.2. The molecule has 0 radical (unpaired) electrons. The molecule has 19 heavy (non-hydrogen) atoms. The summed E-state index contributed by atoms with van der Waals surface area (Å²) in [5, 5.41) is 9.63. The average Bonchev–Trinajstić information content (AvgIpc) is 2.35. The van der Waals surface area contributed by atoms with Crippen molar-refractivity contribution in [2.45, 2.75) is 31.3 Å². The maximum Gasteiger partial charge on any atom is 0.246 e. The molecule has 2 rings (SSSR count). The van der Waals surface area contributed by atoms with Crippen LogP contribution in [-0.2, 0) is 10.0 Å². The van der Waals surface area contributed by atoms with E-state index in [1.165, 1.54) is 22.5 Å². The second-order valence-corrected chi connectivity index (χ2v) is 7.04. The fourth-order valence-electron chi connectivity index (χ4n) is 2.26. The van der Waals surface area contributed by atoms with Crippen molar-refractivity contribution in [3.63, 3.8) is 0 Å². The summed E-state index contributed by atoms with van der Waals surface area (Å²) >= 11 is 0. The predicted molar refractivity (Wildman–Crippen MR) is 69.7 cm³/mol. The lowest BCUT2D eigenvalue weighted by molar-refractivity contribution is 0.0628. The Labute approximate surface area is 112 Å². The molecule has 2 atom stereocenters. The van der Waals surface area contributed by atoms with Gasteiger partial charge in [-0.1, -0.05) is 13.0 Å². The summed E-state index contributed by atoms with van der Waals surface area (Å²) in [5.74, 6) is -0.874. The van der Waals surface area contributed by atoms with Gasteiger partial charge in [0, 0.05) is 13.1 Å². The van der Waals surface area contributed by atoms with Crippen molar-refractivity contribution < 1.29 is 17.9 Å². The lowest BCUT2D eigenvalue weighted by atomic mass is 9.99. The molecule has 2 unspecified atom stereocenters. The van der Waals surface area contributed by atoms with Crippen molar-refractivity contribution in [3.8, 4) is 0 Å². The van der Waals surface area contributed by atoms with Crippen molar-refractivity contribution in [2.75, 3.05) is 13.1 Å². The van der Waals surface area contributed by atoms with Crippen LogP contribution in [0.2, 0.25) is 0 Å². The van der Waals surface area contributed by atoms with Gasteiger partial charge in [-0.05, 0) is 37.0 Å². The van der Waals surface area contributed by atoms with Gasteiger partial charge in [-0.2, -0.15) is 4.31 Å². The highest BCUT2D eigenvalue weighted by Gasteiger charge is 2.34. The summed E-state index contributed by atoms with van der Waals surface area (Å²) < 4.78 is 39.8. The minimum Gasteiger partial charge on any atom is -0.393 e. The molecule has 0 spiro atoms. The van der Waals surface area contributed by atoms with Crippen LogP contribution in [0.25, 0.3) is 0 Å². The second kappa shape index (κ2) is 5.19. The van der Waals surface area contributed by atoms with Crippen LogP contribution in [0.1, 0.15) is 18.9 Å². The van der Waals surface area contributed by atoms with Crippen LogP contribution >= 0.6 is 0 Å². The van der Waals surface area contributed by atoms with Gasteiger partial charge in [-0.25, -0.2) is 12.8 Å². The molecule has 1 saturated heterocycles. The molecule has 1 heterocycles. The van der Waals surface area contributed by atoms with E-state index in [2.05, 4.69) is 0 Å². The van der Waals surface area contributed by atoms with Gasteiger partial charge < -0.3 is 5.11 Å². The van der Waals surface area contributed by atoms with Gasteiger partial charge in [0.15, 0.2) is 0 Å². The Hall–Kier alpha value is -0.980. The molecule has 1 aromatic rings. The Kier molecular flexibility index (Phi) is 3.94. The lowest BCUT2D eigenvalue weighted by Crippen LogP contribution is -2.45. The first kappa shape index (κ1) is 14.4. The summed E-state index contributed by atoms with van der Waals surface area (Å²) in [6.45, 7) is 3.96. The highest BCUT2D eigenvalue weighted by molar-refractivity contribution is 7.89. The van der Waals surface area contributed by atoms with E-state index in [0.717, 1.165) is 0 Å². The molecule has 1 N–H and O–H groups in total. The van der Waals surface area contributed by atoms with E-state index in [-0.39, 0.29) is 23.9 Å². The van der Waals surface area contributed by atoms with Crippen LogP contribution in [-0.4, -0.2) is 37.0 Å². The van der Waals surface area contributed by atoms with Gasteiger partial charge in [0.25, 0.3) is 0 Å². The van der Waals surface area contributed by atoms with Gasteiger partial charge in [-0.3, -0.25) is 0 Å². The van der Waals surface area contributed by atoms with Crippen molar-refractivity contribution in [3.05, 3.63) is 29.6 Å². The third-order valence-corrected chi connectivity index (χ3v) is 5.41. The van der Waals surface area contributed by atoms with Gasteiger partial charge in [-0.15, -0.1) is 0 Å². The maximum absolute atomic E-state index is 13.7. The fourth-order valence-corrected chi connectivity index (χ4v) is 3.97. The first-order chi connectivity index (χ1) is 8.82. The molecule has 0 aromatic heterocycles. The number of aryl methyl sites for hydroxylation is 1. The van der Waals surface area contributed by atoms with Crippen molar-refractivity contribution >= 4 is 10.0 Å². The predicted octanol–water partition coefficient (Wildman–Crippen LogP) is 1.53. The maximum atomic E-state index is 13.7. The second-order valence-electron chi connectivity index (χ2n) is 5.13. The summed E-state index contributed by atoms with van der Waals surface area (Å²) in [6.07, 6.45) is -0.109. The van der Waals surface area contributed by atoms with Crippen LogP contribution in [0.15, 0.2) is 23.1 Å². The van der Waals surface area contributed by atoms with Crippen LogP contribution in [0, 0.1) is 18.7 Å². The minimum absolute atomic E-state index is 0.142. The average molecular weight is 287 g/mol. The molecule has 0 saturated carbocycles. The summed E-state index contributed by atoms with van der Waals surface area (Å²) in [6, 6.07) is 4.06. The van der Waals surface area contributed by atoms with Crippen LogP contribution in [0.3, 0.4) is 0 Å². The molecule has 0 amide bonds. The third-order valence-electron chi connectivity index (χ3n) is 3.53. The summed E-state index contributed by atoms with van der Waals surface area (Å²) in [4.78, 5) is -0.281. The number of halogens is 1. The van der Waals surface area contributed by atoms with Crippen molar-refractivity contribution in [1.82, 2.24) is 4.31 Å². The Morgan fingerprint density at radius 1 is 1.42 bits per heavy atom. The van der Waals surface area contributed by atoms with E-state index in [4.69, 9.17) is 0 Å². The Morgan fingerprint density at radius 3 is 2.74 bits per heavy atom. The number of hydrogen-bond donors (Lipinski definition) is 1. The van der Waals surface area contributed by atoms with Crippen molar-refractivity contribution in [1.29, 1.82) is 0 Å². The molecule has 1 aromatic carbocycles. The molecule has 0 aliphatic carbocycles. The fraction of sp³-hybridized carbons (Fsp3) is 0.538. The van der Waals surface area contributed by atoms with Gasteiger partial charge >= 0.3 is 0 Å². The number of rotatable bonds is 2. The number of piperidine rings is 1. The standard InChI is InChI=1S/C13H18FNO3S/c1-9-3-4-11(14)13(7-9)19(17,18)15-6-5-12(16)10(2)8-15/h3-4,7,10,12,16H,5-6,8H2,1-2H3. The van der Waals surface area contributed by atoms with Crippen LogP contribution in [0.4, 0.5) is 4.39 Å². The monoisotopic (exact) mass is 287 g/mol. The number of benzene rings is 1. The minimum atomic E-state index is -3.82. The van der Waals surface area contributed by atoms with E-state index in [0.29, 0.717) is 12.0 Å². The molecule has 1 aliphatic heterocycles. The van der Waals surface area contributed by atoms with Crippen LogP contribution in [0.5, 0.6) is 0 Å². The normalized spacial score (nSPS) is 25.5. The number of aliphatic hydroxyl groups is 1. The van der Waals surface area contributed by atoms with E-state index >= 15 is 0 Å². The SMILES string of the molecule is Cc1ccc(F)c(S(=O)(=O)N2CCC(O)C(C)C2)c1. The molecule has 1 fully saturated rings. The molecule has 0 bridgehead atoms. The van der Waals surface area contributed by atoms with E-state index in [1.54, 1.807) is 13.8 Å². The lowest BCUT2D eigenvalue weighted by Gasteiger charge is -2.33. The van der Waals surface area contributed by atoms with E-state index in [9.17, 15) is 17.9 Å². The quantitative estimate of drug-likeness (QED) is 0.897. The van der Waals surface area contributed by atoms with Crippen molar-refractivity contribution in [2.24, 2.45) is 5.92 Å². The largest absolute Gasteiger partial charge is 0.393 e. The molecular weight excluding hydrogens is 269 g/mol. The first-order valence-electron chi connectivity index (χ1n) is 6.26. The van der Waals surface area contributed by atoms with Gasteiger partial charge in [0.05, 0.1) is 6.10 Å². The number of aliphatic hydroxyl groups excluding tert-OH is 1. The topological polar surface area (TPSA) is 57.6 Å². The molecule has 106 valence electrons. The zero-order valence-corrected chi connectivity index (χ0v) is 11.8. The van der Waals surface area contributed by atoms with E-state index in [1.807, 2.05) is 0 Å². The first-order valence-corrected chi connectivity index (χ1v) is 7.70. The number of sulfonamides is 1. The third kappa shape index (κ3) is 2.80. The number of hydrogen-bond acceptors (Lipinski definition) is 3. The van der Waals surface area contributed by atoms with Gasteiger partial charge in [0.1, 0.15) is 10.7 Å². The smallest absolute Gasteiger partial charge is 0.246 e. The summed E-state index contributed by atoms with van der Waals surface area (Å²) in [5.41, 5.74) is 0.699. The highest BCUT2D eigenvalue weighted by atomic mass is 32.2. The Balaban J connectivity index is 2.35. The van der Waals surface area contributed by atoms with Crippen LogP contribution < -0.4 is 0 Å². The summed E-state index contributed by atoms with van der Waals surface area (Å²) in [7, 11) is -3.82. The molecule has 1 aliphatic rings.